The number of benzene rings is 1. The second kappa shape index (κ2) is 4.55. The van der Waals surface area contributed by atoms with Gasteiger partial charge in [0.1, 0.15) is 5.82 Å². The number of halogens is 3. The second-order valence-corrected chi connectivity index (χ2v) is 6.84. The van der Waals surface area contributed by atoms with Crippen LogP contribution in [0.1, 0.15) is 26.3 Å². The predicted molar refractivity (Wildman–Crippen MR) is 82.6 cm³/mol. The summed E-state index contributed by atoms with van der Waals surface area (Å²) in [5.74, 6) is 0.496. The monoisotopic (exact) mass is 346 g/mol. The minimum Gasteiger partial charge on any atom is -0.383 e. The molecule has 0 bridgehead atoms. The van der Waals surface area contributed by atoms with Gasteiger partial charge in [-0.3, -0.25) is 0 Å². The third-order valence-corrected chi connectivity index (χ3v) is 4.49. The Hall–Kier alpha value is -0.510. The summed E-state index contributed by atoms with van der Waals surface area (Å²) >= 11 is 15.7. The number of anilines is 1. The number of nitrogen functional groups attached to an aromatic ring is 1. The Labute approximate surface area is 125 Å². The van der Waals surface area contributed by atoms with Crippen LogP contribution in [0.3, 0.4) is 0 Å². The molecule has 0 aliphatic heterocycles. The van der Waals surface area contributed by atoms with E-state index in [4.69, 9.17) is 28.9 Å². The molecule has 18 heavy (non-hydrogen) atoms. The van der Waals surface area contributed by atoms with E-state index in [-0.39, 0.29) is 5.41 Å². The van der Waals surface area contributed by atoms with Crippen molar-refractivity contribution in [3.63, 3.8) is 0 Å². The number of hydrogen-bond donors (Lipinski definition) is 1. The van der Waals surface area contributed by atoms with Crippen molar-refractivity contribution in [2.24, 2.45) is 0 Å². The van der Waals surface area contributed by atoms with Gasteiger partial charge in [-0.1, -0.05) is 44.0 Å². The third kappa shape index (κ3) is 2.31. The molecule has 0 unspecified atom stereocenters. The van der Waals surface area contributed by atoms with Gasteiger partial charge in [-0.25, -0.2) is 4.98 Å². The van der Waals surface area contributed by atoms with Crippen molar-refractivity contribution >= 4 is 55.9 Å². The minimum atomic E-state index is -0.0656. The molecule has 2 aromatic rings. The van der Waals surface area contributed by atoms with Gasteiger partial charge >= 0.3 is 0 Å². The van der Waals surface area contributed by atoms with Crippen LogP contribution < -0.4 is 5.73 Å². The van der Waals surface area contributed by atoms with Crippen LogP contribution in [0.5, 0.6) is 0 Å². The van der Waals surface area contributed by atoms with E-state index in [0.29, 0.717) is 21.4 Å². The lowest BCUT2D eigenvalue weighted by molar-refractivity contribution is 0.591. The summed E-state index contributed by atoms with van der Waals surface area (Å²) in [6.45, 7) is 6.29. The van der Waals surface area contributed by atoms with Gasteiger partial charge in [-0.05, 0) is 33.5 Å². The Morgan fingerprint density at radius 2 is 1.78 bits per heavy atom. The molecule has 0 radical (unpaired) electrons. The molecular formula is C13H13BrCl2N2. The first-order chi connectivity index (χ1) is 8.21. The molecule has 2 rings (SSSR count). The summed E-state index contributed by atoms with van der Waals surface area (Å²) in [5, 5.41) is 1.81. The zero-order chi connectivity index (χ0) is 13.7. The summed E-state index contributed by atoms with van der Waals surface area (Å²) in [6.07, 6.45) is 0. The molecule has 5 heteroatoms. The fraction of sp³-hybridized carbons (Fsp3) is 0.308. The first kappa shape index (κ1) is 13.9. The largest absolute Gasteiger partial charge is 0.383 e. The van der Waals surface area contributed by atoms with Crippen molar-refractivity contribution in [1.82, 2.24) is 4.98 Å². The topological polar surface area (TPSA) is 38.9 Å². The molecule has 0 saturated heterocycles. The lowest BCUT2D eigenvalue weighted by Gasteiger charge is -2.21. The summed E-state index contributed by atoms with van der Waals surface area (Å²) in [6, 6.07) is 3.93. The van der Waals surface area contributed by atoms with Crippen LogP contribution in [0.25, 0.3) is 10.9 Å². The summed E-state index contributed by atoms with van der Waals surface area (Å²) < 4.78 is 0.757. The predicted octanol–water partition coefficient (Wildman–Crippen LogP) is 5.18. The van der Waals surface area contributed by atoms with E-state index < -0.39 is 0 Å². The Morgan fingerprint density at radius 1 is 1.17 bits per heavy atom. The Kier molecular flexibility index (Phi) is 3.52. The molecule has 1 heterocycles. The van der Waals surface area contributed by atoms with E-state index >= 15 is 0 Å². The van der Waals surface area contributed by atoms with Gasteiger partial charge in [0.25, 0.3) is 0 Å². The van der Waals surface area contributed by atoms with Crippen LogP contribution >= 0.6 is 39.1 Å². The average molecular weight is 348 g/mol. The van der Waals surface area contributed by atoms with Crippen molar-refractivity contribution < 1.29 is 0 Å². The SMILES string of the molecule is CC(C)(C)c1cc2cc(Br)c(Cl)c(Cl)c2nc1N. The molecular weight excluding hydrogens is 335 g/mol. The molecule has 1 aromatic carbocycles. The van der Waals surface area contributed by atoms with Crippen molar-refractivity contribution in [1.29, 1.82) is 0 Å². The van der Waals surface area contributed by atoms with Gasteiger partial charge in [0, 0.05) is 15.4 Å². The highest BCUT2D eigenvalue weighted by Gasteiger charge is 2.20. The van der Waals surface area contributed by atoms with Crippen LogP contribution in [0, 0.1) is 0 Å². The highest BCUT2D eigenvalue weighted by atomic mass is 79.9. The van der Waals surface area contributed by atoms with E-state index in [9.17, 15) is 0 Å². The zero-order valence-corrected chi connectivity index (χ0v) is 13.4. The Balaban J connectivity index is 2.85. The average Bonchev–Trinajstić information content (AvgIpc) is 2.25. The highest BCUT2D eigenvalue weighted by molar-refractivity contribution is 9.10. The summed E-state index contributed by atoms with van der Waals surface area (Å²) in [7, 11) is 0. The van der Waals surface area contributed by atoms with Crippen LogP contribution in [0.2, 0.25) is 10.0 Å². The molecule has 2 N–H and O–H groups in total. The number of fused-ring (bicyclic) bond motifs is 1. The lowest BCUT2D eigenvalue weighted by atomic mass is 9.86. The van der Waals surface area contributed by atoms with Gasteiger partial charge in [0.05, 0.1) is 15.6 Å². The molecule has 0 saturated carbocycles. The van der Waals surface area contributed by atoms with Gasteiger partial charge in [0.15, 0.2) is 0 Å². The first-order valence-corrected chi connectivity index (χ1v) is 7.01. The molecule has 0 fully saturated rings. The number of nitrogens with zero attached hydrogens (tertiary/aromatic N) is 1. The third-order valence-electron chi connectivity index (χ3n) is 2.78. The second-order valence-electron chi connectivity index (χ2n) is 5.23. The van der Waals surface area contributed by atoms with Crippen LogP contribution in [-0.2, 0) is 5.41 Å². The maximum Gasteiger partial charge on any atom is 0.127 e. The Morgan fingerprint density at radius 3 is 2.33 bits per heavy atom. The van der Waals surface area contributed by atoms with E-state index in [1.165, 1.54) is 0 Å². The minimum absolute atomic E-state index is 0.0656. The summed E-state index contributed by atoms with van der Waals surface area (Å²) in [4.78, 5) is 4.38. The fourth-order valence-corrected chi connectivity index (χ4v) is 2.79. The van der Waals surface area contributed by atoms with Gasteiger partial charge in [-0.15, -0.1) is 0 Å². The van der Waals surface area contributed by atoms with Gasteiger partial charge in [-0.2, -0.15) is 0 Å². The van der Waals surface area contributed by atoms with Gasteiger partial charge < -0.3 is 5.73 Å². The van der Waals surface area contributed by atoms with Gasteiger partial charge in [0.2, 0.25) is 0 Å². The molecule has 0 amide bonds. The Bertz CT molecular complexity index is 633. The van der Waals surface area contributed by atoms with E-state index in [1.54, 1.807) is 0 Å². The zero-order valence-electron chi connectivity index (χ0n) is 10.3. The molecule has 1 aromatic heterocycles. The van der Waals surface area contributed by atoms with E-state index in [1.807, 2.05) is 12.1 Å². The van der Waals surface area contributed by atoms with Crippen LogP contribution in [0.4, 0.5) is 5.82 Å². The molecule has 96 valence electrons. The maximum absolute atomic E-state index is 6.19. The smallest absolute Gasteiger partial charge is 0.127 e. The lowest BCUT2D eigenvalue weighted by Crippen LogP contribution is -2.15. The number of hydrogen-bond acceptors (Lipinski definition) is 2. The van der Waals surface area contributed by atoms with Crippen LogP contribution in [-0.4, -0.2) is 4.98 Å². The van der Waals surface area contributed by atoms with E-state index in [0.717, 1.165) is 15.4 Å². The first-order valence-electron chi connectivity index (χ1n) is 5.46. The molecule has 0 aliphatic rings. The van der Waals surface area contributed by atoms with Crippen molar-refractivity contribution in [2.45, 2.75) is 26.2 Å². The van der Waals surface area contributed by atoms with Crippen molar-refractivity contribution in [2.75, 3.05) is 5.73 Å². The van der Waals surface area contributed by atoms with E-state index in [2.05, 4.69) is 41.7 Å². The highest BCUT2D eigenvalue weighted by Crippen LogP contribution is 2.38. The quantitative estimate of drug-likeness (QED) is 0.666. The molecule has 2 nitrogen and oxygen atoms in total. The maximum atomic E-state index is 6.19. The number of nitrogens with two attached hydrogens (primary N) is 1. The van der Waals surface area contributed by atoms with Crippen molar-refractivity contribution in [3.05, 3.63) is 32.2 Å². The molecule has 0 spiro atoms. The summed E-state index contributed by atoms with van der Waals surface area (Å²) in [5.41, 5.74) is 7.57. The molecule has 0 aliphatic carbocycles. The number of aromatic nitrogens is 1. The normalized spacial score (nSPS) is 12.1. The molecule has 0 atom stereocenters. The number of pyridine rings is 1. The number of rotatable bonds is 0. The fourth-order valence-electron chi connectivity index (χ4n) is 1.84. The standard InChI is InChI=1S/C13H13BrCl2N2/c1-13(2,3)7-4-6-5-8(14)9(15)10(16)11(6)18-12(7)17/h4-5H,1-3H3,(H2,17,18). The van der Waals surface area contributed by atoms with Crippen LogP contribution in [0.15, 0.2) is 16.6 Å². The van der Waals surface area contributed by atoms with Crippen molar-refractivity contribution in [3.8, 4) is 0 Å².